The Kier molecular flexibility index (Phi) is 4.21. The molecule has 2 aromatic heterocycles. The van der Waals surface area contributed by atoms with Crippen molar-refractivity contribution in [3.8, 4) is 17.0 Å². The van der Waals surface area contributed by atoms with E-state index in [1.807, 2.05) is 24.3 Å². The Morgan fingerprint density at radius 3 is 2.84 bits per heavy atom. The molecule has 0 radical (unpaired) electrons. The standard InChI is InChI=1S/C18H20ClN5O/c1-12-7-5-6-10-23(12)17-15(13-8-3-4-9-14(13)19)16(25-2)22-18-20-11-21-24(17)18/h3-4,8-9,11-12H,5-7,10H2,1-2H3. The first-order valence-corrected chi connectivity index (χ1v) is 8.87. The van der Waals surface area contributed by atoms with E-state index in [1.165, 1.54) is 12.7 Å². The van der Waals surface area contributed by atoms with Gasteiger partial charge in [-0.1, -0.05) is 29.8 Å². The first kappa shape index (κ1) is 16.1. The predicted octanol–water partition coefficient (Wildman–Crippen LogP) is 3.83. The van der Waals surface area contributed by atoms with Crippen LogP contribution in [-0.2, 0) is 0 Å². The van der Waals surface area contributed by atoms with Gasteiger partial charge >= 0.3 is 0 Å². The molecule has 1 unspecified atom stereocenters. The third-order valence-electron chi connectivity index (χ3n) is 4.78. The third kappa shape index (κ3) is 2.70. The van der Waals surface area contributed by atoms with Crippen molar-refractivity contribution in [1.29, 1.82) is 0 Å². The lowest BCUT2D eigenvalue weighted by Gasteiger charge is -2.36. The number of ether oxygens (including phenoxy) is 1. The minimum absolute atomic E-state index is 0.398. The summed E-state index contributed by atoms with van der Waals surface area (Å²) in [6.07, 6.45) is 5.05. The highest BCUT2D eigenvalue weighted by Gasteiger charge is 2.29. The van der Waals surface area contributed by atoms with Crippen LogP contribution in [-0.4, -0.2) is 39.3 Å². The van der Waals surface area contributed by atoms with Gasteiger partial charge in [-0.2, -0.15) is 19.6 Å². The van der Waals surface area contributed by atoms with Gasteiger partial charge in [-0.05, 0) is 32.3 Å². The molecule has 1 aliphatic rings. The first-order chi connectivity index (χ1) is 12.2. The van der Waals surface area contributed by atoms with Crippen LogP contribution < -0.4 is 9.64 Å². The highest BCUT2D eigenvalue weighted by molar-refractivity contribution is 6.33. The van der Waals surface area contributed by atoms with Gasteiger partial charge in [-0.25, -0.2) is 0 Å². The molecule has 0 spiro atoms. The quantitative estimate of drug-likeness (QED) is 0.713. The van der Waals surface area contributed by atoms with Gasteiger partial charge in [-0.3, -0.25) is 0 Å². The Morgan fingerprint density at radius 2 is 2.08 bits per heavy atom. The number of anilines is 1. The van der Waals surface area contributed by atoms with E-state index in [1.54, 1.807) is 11.6 Å². The van der Waals surface area contributed by atoms with Gasteiger partial charge in [0.2, 0.25) is 5.88 Å². The lowest BCUT2D eigenvalue weighted by atomic mass is 10.0. The Balaban J connectivity index is 2.05. The first-order valence-electron chi connectivity index (χ1n) is 8.50. The lowest BCUT2D eigenvalue weighted by molar-refractivity contribution is 0.398. The van der Waals surface area contributed by atoms with Crippen molar-refractivity contribution in [2.24, 2.45) is 0 Å². The highest BCUT2D eigenvalue weighted by Crippen LogP contribution is 2.42. The molecule has 0 amide bonds. The summed E-state index contributed by atoms with van der Waals surface area (Å²) < 4.78 is 7.42. The summed E-state index contributed by atoms with van der Waals surface area (Å²) in [5.74, 6) is 1.99. The van der Waals surface area contributed by atoms with Crippen LogP contribution in [0.2, 0.25) is 5.02 Å². The van der Waals surface area contributed by atoms with Gasteiger partial charge in [0.25, 0.3) is 5.78 Å². The van der Waals surface area contributed by atoms with Crippen LogP contribution in [0, 0.1) is 0 Å². The number of hydrogen-bond acceptors (Lipinski definition) is 5. The summed E-state index contributed by atoms with van der Waals surface area (Å²) in [5, 5.41) is 5.08. The average molecular weight is 358 g/mol. The number of fused-ring (bicyclic) bond motifs is 1. The molecule has 1 fully saturated rings. The number of halogens is 1. The van der Waals surface area contributed by atoms with Crippen molar-refractivity contribution >= 4 is 23.2 Å². The summed E-state index contributed by atoms with van der Waals surface area (Å²) >= 11 is 6.51. The number of aromatic nitrogens is 4. The van der Waals surface area contributed by atoms with Gasteiger partial charge in [0.05, 0.1) is 12.7 Å². The maximum atomic E-state index is 6.51. The van der Waals surface area contributed by atoms with Crippen LogP contribution in [0.25, 0.3) is 16.9 Å². The highest BCUT2D eigenvalue weighted by atomic mass is 35.5. The molecule has 0 N–H and O–H groups in total. The van der Waals surface area contributed by atoms with Gasteiger partial charge < -0.3 is 9.64 Å². The SMILES string of the molecule is COc1nc2ncnn2c(N2CCCCC2C)c1-c1ccccc1Cl. The van der Waals surface area contributed by atoms with E-state index in [9.17, 15) is 0 Å². The average Bonchev–Trinajstić information content (AvgIpc) is 3.09. The van der Waals surface area contributed by atoms with Crippen LogP contribution in [0.1, 0.15) is 26.2 Å². The molecule has 3 aromatic rings. The summed E-state index contributed by atoms with van der Waals surface area (Å²) in [4.78, 5) is 11.2. The smallest absolute Gasteiger partial charge is 0.257 e. The zero-order valence-electron chi connectivity index (χ0n) is 14.3. The molecule has 7 heteroatoms. The molecular formula is C18H20ClN5O. The van der Waals surface area contributed by atoms with E-state index in [-0.39, 0.29) is 0 Å². The number of nitrogens with zero attached hydrogens (tertiary/aromatic N) is 5. The maximum Gasteiger partial charge on any atom is 0.257 e. The number of piperidine rings is 1. The molecule has 1 atom stereocenters. The van der Waals surface area contributed by atoms with Crippen LogP contribution in [0.15, 0.2) is 30.6 Å². The van der Waals surface area contributed by atoms with Crippen LogP contribution >= 0.6 is 11.6 Å². The van der Waals surface area contributed by atoms with Crippen molar-refractivity contribution < 1.29 is 4.74 Å². The molecular weight excluding hydrogens is 338 g/mol. The Hall–Kier alpha value is -2.34. The summed E-state index contributed by atoms with van der Waals surface area (Å²) in [5.41, 5.74) is 1.75. The second kappa shape index (κ2) is 6.52. The van der Waals surface area contributed by atoms with Crippen LogP contribution in [0.5, 0.6) is 5.88 Å². The third-order valence-corrected chi connectivity index (χ3v) is 5.11. The van der Waals surface area contributed by atoms with E-state index in [0.717, 1.165) is 36.3 Å². The van der Waals surface area contributed by atoms with E-state index >= 15 is 0 Å². The van der Waals surface area contributed by atoms with E-state index < -0.39 is 0 Å². The van der Waals surface area contributed by atoms with Gasteiger partial charge in [0, 0.05) is 23.2 Å². The molecule has 25 heavy (non-hydrogen) atoms. The monoisotopic (exact) mass is 357 g/mol. The topological polar surface area (TPSA) is 55.6 Å². The number of methoxy groups -OCH3 is 1. The normalized spacial score (nSPS) is 17.9. The minimum atomic E-state index is 0.398. The summed E-state index contributed by atoms with van der Waals surface area (Å²) in [6.45, 7) is 3.20. The molecule has 1 saturated heterocycles. The fraction of sp³-hybridized carbons (Fsp3) is 0.389. The largest absolute Gasteiger partial charge is 0.480 e. The molecule has 1 aromatic carbocycles. The van der Waals surface area contributed by atoms with Crippen LogP contribution in [0.3, 0.4) is 0 Å². The van der Waals surface area contributed by atoms with Crippen molar-refractivity contribution in [2.45, 2.75) is 32.2 Å². The zero-order chi connectivity index (χ0) is 17.4. The number of rotatable bonds is 3. The van der Waals surface area contributed by atoms with E-state index in [4.69, 9.17) is 16.3 Å². The van der Waals surface area contributed by atoms with E-state index in [2.05, 4.69) is 26.9 Å². The van der Waals surface area contributed by atoms with Crippen molar-refractivity contribution in [2.75, 3.05) is 18.6 Å². The van der Waals surface area contributed by atoms with E-state index in [0.29, 0.717) is 22.7 Å². The van der Waals surface area contributed by atoms with Crippen LogP contribution in [0.4, 0.5) is 5.82 Å². The van der Waals surface area contributed by atoms with Crippen molar-refractivity contribution in [1.82, 2.24) is 19.6 Å². The number of benzene rings is 1. The molecule has 1 aliphatic heterocycles. The Bertz CT molecular complexity index is 910. The number of hydrogen-bond donors (Lipinski definition) is 0. The summed E-state index contributed by atoms with van der Waals surface area (Å²) in [6, 6.07) is 8.15. The van der Waals surface area contributed by atoms with Gasteiger partial charge in [-0.15, -0.1) is 0 Å². The van der Waals surface area contributed by atoms with Crippen molar-refractivity contribution in [3.63, 3.8) is 0 Å². The van der Waals surface area contributed by atoms with Gasteiger partial charge in [0.15, 0.2) is 0 Å². The molecule has 0 aliphatic carbocycles. The minimum Gasteiger partial charge on any atom is -0.480 e. The zero-order valence-corrected chi connectivity index (χ0v) is 15.1. The summed E-state index contributed by atoms with van der Waals surface area (Å²) in [7, 11) is 1.62. The maximum absolute atomic E-state index is 6.51. The Labute approximate surface area is 151 Å². The second-order valence-electron chi connectivity index (χ2n) is 6.31. The van der Waals surface area contributed by atoms with Crippen molar-refractivity contribution in [3.05, 3.63) is 35.6 Å². The van der Waals surface area contributed by atoms with Gasteiger partial charge in [0.1, 0.15) is 12.1 Å². The predicted molar refractivity (Wildman–Crippen MR) is 98.4 cm³/mol. The molecule has 6 nitrogen and oxygen atoms in total. The molecule has 130 valence electrons. The fourth-order valence-electron chi connectivity index (χ4n) is 3.53. The second-order valence-corrected chi connectivity index (χ2v) is 6.72. The lowest BCUT2D eigenvalue weighted by Crippen LogP contribution is -2.39. The molecule has 4 rings (SSSR count). The Morgan fingerprint density at radius 1 is 1.24 bits per heavy atom. The molecule has 0 saturated carbocycles. The fourth-order valence-corrected chi connectivity index (χ4v) is 3.76. The molecule has 0 bridgehead atoms. The molecule has 3 heterocycles.